The van der Waals surface area contributed by atoms with Crippen molar-refractivity contribution in [3.05, 3.63) is 57.9 Å². The lowest BCUT2D eigenvalue weighted by Gasteiger charge is -2.20. The molecular formula is C18H22FN. The molecular weight excluding hydrogens is 249 g/mol. The average molecular weight is 271 g/mol. The van der Waals surface area contributed by atoms with E-state index < -0.39 is 0 Å². The van der Waals surface area contributed by atoms with E-state index in [1.54, 1.807) is 12.1 Å². The first-order valence-electron chi connectivity index (χ1n) is 6.95. The molecule has 1 atom stereocenters. The van der Waals surface area contributed by atoms with Crippen LogP contribution < -0.4 is 5.73 Å². The number of hydrogen-bond acceptors (Lipinski definition) is 1. The van der Waals surface area contributed by atoms with Crippen molar-refractivity contribution < 1.29 is 4.39 Å². The Morgan fingerprint density at radius 1 is 0.950 bits per heavy atom. The highest BCUT2D eigenvalue weighted by molar-refractivity contribution is 5.76. The lowest BCUT2D eigenvalue weighted by atomic mass is 9.86. The topological polar surface area (TPSA) is 26.0 Å². The largest absolute Gasteiger partial charge is 0.324 e. The first-order chi connectivity index (χ1) is 9.32. The Labute approximate surface area is 120 Å². The minimum atomic E-state index is -0.220. The Bertz CT molecular complexity index is 631. The number of nitrogens with two attached hydrogens (primary N) is 1. The van der Waals surface area contributed by atoms with Gasteiger partial charge in [0.05, 0.1) is 0 Å². The van der Waals surface area contributed by atoms with E-state index in [0.29, 0.717) is 0 Å². The fourth-order valence-electron chi connectivity index (χ4n) is 2.76. The van der Waals surface area contributed by atoms with Gasteiger partial charge in [-0.2, -0.15) is 0 Å². The molecule has 0 aliphatic heterocycles. The third kappa shape index (κ3) is 2.48. The van der Waals surface area contributed by atoms with Crippen molar-refractivity contribution in [2.45, 2.75) is 40.7 Å². The smallest absolute Gasteiger partial charge is 0.123 e. The SMILES string of the molecule is Cc1cc(C)c(C)c(-c2cc(F)ccc2C(C)N)c1C. The Balaban J connectivity index is 2.84. The maximum absolute atomic E-state index is 13.7. The maximum Gasteiger partial charge on any atom is 0.123 e. The molecule has 1 unspecified atom stereocenters. The second-order valence-corrected chi connectivity index (χ2v) is 5.66. The van der Waals surface area contributed by atoms with E-state index >= 15 is 0 Å². The van der Waals surface area contributed by atoms with Crippen LogP contribution in [0.2, 0.25) is 0 Å². The van der Waals surface area contributed by atoms with Crippen LogP contribution in [-0.2, 0) is 0 Å². The van der Waals surface area contributed by atoms with Gasteiger partial charge in [0.25, 0.3) is 0 Å². The maximum atomic E-state index is 13.7. The standard InChI is InChI=1S/C18H22FN/c1-10-8-11(2)13(4)18(12(10)3)17-9-15(19)6-7-16(17)14(5)20/h6-9,14H,20H2,1-5H3. The van der Waals surface area contributed by atoms with Crippen molar-refractivity contribution in [1.82, 2.24) is 0 Å². The third-order valence-corrected chi connectivity index (χ3v) is 4.14. The zero-order chi connectivity index (χ0) is 15.0. The predicted octanol–water partition coefficient (Wildman–Crippen LogP) is 4.75. The van der Waals surface area contributed by atoms with Crippen LogP contribution in [0.5, 0.6) is 0 Å². The third-order valence-electron chi connectivity index (χ3n) is 4.14. The van der Waals surface area contributed by atoms with Crippen LogP contribution in [0.3, 0.4) is 0 Å². The summed E-state index contributed by atoms with van der Waals surface area (Å²) in [6, 6.07) is 6.94. The quantitative estimate of drug-likeness (QED) is 0.838. The van der Waals surface area contributed by atoms with Crippen LogP contribution in [0.15, 0.2) is 24.3 Å². The summed E-state index contributed by atoms with van der Waals surface area (Å²) in [7, 11) is 0. The molecule has 0 heterocycles. The summed E-state index contributed by atoms with van der Waals surface area (Å²) in [4.78, 5) is 0. The summed E-state index contributed by atoms with van der Waals surface area (Å²) in [5.41, 5.74) is 13.9. The molecule has 0 saturated heterocycles. The molecule has 2 aromatic rings. The number of hydrogen-bond donors (Lipinski definition) is 1. The van der Waals surface area contributed by atoms with Crippen molar-refractivity contribution in [2.75, 3.05) is 0 Å². The minimum Gasteiger partial charge on any atom is -0.324 e. The highest BCUT2D eigenvalue weighted by atomic mass is 19.1. The minimum absolute atomic E-state index is 0.120. The summed E-state index contributed by atoms with van der Waals surface area (Å²) >= 11 is 0. The van der Waals surface area contributed by atoms with Gasteiger partial charge in [-0.3, -0.25) is 0 Å². The van der Waals surface area contributed by atoms with Crippen molar-refractivity contribution in [1.29, 1.82) is 0 Å². The van der Waals surface area contributed by atoms with Gasteiger partial charge in [-0.05, 0) is 85.7 Å². The second kappa shape index (κ2) is 5.37. The molecule has 1 nitrogen and oxygen atoms in total. The molecule has 0 fully saturated rings. The molecule has 106 valence electrons. The lowest BCUT2D eigenvalue weighted by Crippen LogP contribution is -2.08. The zero-order valence-corrected chi connectivity index (χ0v) is 12.8. The van der Waals surface area contributed by atoms with E-state index in [4.69, 9.17) is 5.73 Å². The van der Waals surface area contributed by atoms with E-state index in [-0.39, 0.29) is 11.9 Å². The Kier molecular flexibility index (Phi) is 3.96. The Morgan fingerprint density at radius 2 is 1.50 bits per heavy atom. The van der Waals surface area contributed by atoms with Gasteiger partial charge < -0.3 is 5.73 Å². The van der Waals surface area contributed by atoms with Gasteiger partial charge in [0, 0.05) is 6.04 Å². The molecule has 2 heteroatoms. The number of aryl methyl sites for hydroxylation is 2. The molecule has 0 radical (unpaired) electrons. The molecule has 0 spiro atoms. The molecule has 0 aromatic heterocycles. The zero-order valence-electron chi connectivity index (χ0n) is 12.8. The van der Waals surface area contributed by atoms with Crippen molar-refractivity contribution in [3.63, 3.8) is 0 Å². The van der Waals surface area contributed by atoms with Crippen molar-refractivity contribution in [2.24, 2.45) is 5.73 Å². The fraction of sp³-hybridized carbons (Fsp3) is 0.333. The number of rotatable bonds is 2. The molecule has 0 saturated carbocycles. The Hall–Kier alpha value is -1.67. The van der Waals surface area contributed by atoms with Crippen LogP contribution >= 0.6 is 0 Å². The summed E-state index contributed by atoms with van der Waals surface area (Å²) in [5, 5.41) is 0. The van der Waals surface area contributed by atoms with E-state index in [1.807, 2.05) is 6.92 Å². The molecule has 2 N–H and O–H groups in total. The highest BCUT2D eigenvalue weighted by Gasteiger charge is 2.16. The number of benzene rings is 2. The Morgan fingerprint density at radius 3 is 2.00 bits per heavy atom. The average Bonchev–Trinajstić information content (AvgIpc) is 2.36. The monoisotopic (exact) mass is 271 g/mol. The van der Waals surface area contributed by atoms with Crippen LogP contribution in [0, 0.1) is 33.5 Å². The molecule has 0 aliphatic rings. The first kappa shape index (κ1) is 14.7. The van der Waals surface area contributed by atoms with Crippen LogP contribution in [0.25, 0.3) is 11.1 Å². The van der Waals surface area contributed by atoms with E-state index in [2.05, 4.69) is 33.8 Å². The second-order valence-electron chi connectivity index (χ2n) is 5.66. The summed E-state index contributed by atoms with van der Waals surface area (Å²) in [5.74, 6) is -0.220. The molecule has 0 amide bonds. The highest BCUT2D eigenvalue weighted by Crippen LogP contribution is 2.35. The molecule has 0 aliphatic carbocycles. The van der Waals surface area contributed by atoms with E-state index in [9.17, 15) is 4.39 Å². The molecule has 2 aromatic carbocycles. The number of halogens is 1. The molecule has 0 bridgehead atoms. The lowest BCUT2D eigenvalue weighted by molar-refractivity contribution is 0.626. The summed E-state index contributed by atoms with van der Waals surface area (Å²) < 4.78 is 13.7. The van der Waals surface area contributed by atoms with Crippen LogP contribution in [0.1, 0.15) is 40.8 Å². The summed E-state index contributed by atoms with van der Waals surface area (Å²) in [6.07, 6.45) is 0. The summed E-state index contributed by atoms with van der Waals surface area (Å²) in [6.45, 7) is 10.3. The molecule has 2 rings (SSSR count). The van der Waals surface area contributed by atoms with Crippen molar-refractivity contribution >= 4 is 0 Å². The van der Waals surface area contributed by atoms with Gasteiger partial charge in [-0.25, -0.2) is 4.39 Å². The molecule has 20 heavy (non-hydrogen) atoms. The van der Waals surface area contributed by atoms with Crippen molar-refractivity contribution in [3.8, 4) is 11.1 Å². The van der Waals surface area contributed by atoms with Crippen LogP contribution in [0.4, 0.5) is 4.39 Å². The van der Waals surface area contributed by atoms with Gasteiger partial charge in [0.15, 0.2) is 0 Å². The normalized spacial score (nSPS) is 12.6. The van der Waals surface area contributed by atoms with Gasteiger partial charge in [-0.15, -0.1) is 0 Å². The van der Waals surface area contributed by atoms with E-state index in [1.165, 1.54) is 28.3 Å². The first-order valence-corrected chi connectivity index (χ1v) is 6.95. The predicted molar refractivity (Wildman–Crippen MR) is 83.4 cm³/mol. The van der Waals surface area contributed by atoms with Gasteiger partial charge in [0.2, 0.25) is 0 Å². The van der Waals surface area contributed by atoms with Gasteiger partial charge in [0.1, 0.15) is 5.82 Å². The fourth-order valence-corrected chi connectivity index (χ4v) is 2.76. The van der Waals surface area contributed by atoms with Gasteiger partial charge >= 0.3 is 0 Å². The van der Waals surface area contributed by atoms with E-state index in [0.717, 1.165) is 16.7 Å². The van der Waals surface area contributed by atoms with Gasteiger partial charge in [-0.1, -0.05) is 12.1 Å². The van der Waals surface area contributed by atoms with Crippen LogP contribution in [-0.4, -0.2) is 0 Å².